The van der Waals surface area contributed by atoms with Crippen LogP contribution in [0.5, 0.6) is 11.5 Å². The number of hydrogen-bond donors (Lipinski definition) is 1. The zero-order chi connectivity index (χ0) is 14.8. The number of ether oxygens (including phenoxy) is 2. The number of aliphatic hydroxyl groups excluding tert-OH is 1. The highest BCUT2D eigenvalue weighted by Gasteiger charge is 2.14. The van der Waals surface area contributed by atoms with Crippen molar-refractivity contribution in [1.82, 2.24) is 0 Å². The largest absolute Gasteiger partial charge is 1.00 e. The van der Waals surface area contributed by atoms with Gasteiger partial charge in [0, 0.05) is 11.5 Å². The lowest BCUT2D eigenvalue weighted by atomic mass is 10.1. The third kappa shape index (κ3) is 2.87. The summed E-state index contributed by atoms with van der Waals surface area (Å²) >= 11 is 0. The molecule has 1 heterocycles. The first-order valence-electron chi connectivity index (χ1n) is 6.85. The fourth-order valence-electron chi connectivity index (χ4n) is 2.66. The number of hydrogen-bond acceptors (Lipinski definition) is 3. The lowest BCUT2D eigenvalue weighted by Gasteiger charge is -2.08. The first kappa shape index (κ1) is 16.5. The molecule has 0 bridgehead atoms. The zero-order valence-corrected chi connectivity index (χ0v) is 14.1. The molecule has 2 aromatic carbocycles. The second-order valence-corrected chi connectivity index (χ2v) is 4.88. The molecule has 1 aromatic heterocycles. The van der Waals surface area contributed by atoms with Crippen molar-refractivity contribution in [3.05, 3.63) is 42.6 Å². The van der Waals surface area contributed by atoms with E-state index >= 15 is 0 Å². The Morgan fingerprint density at radius 3 is 2.32 bits per heavy atom. The van der Waals surface area contributed by atoms with Gasteiger partial charge in [-0.3, -0.25) is 0 Å². The molecule has 0 aliphatic rings. The summed E-state index contributed by atoms with van der Waals surface area (Å²) in [5, 5.41) is 12.6. The SMILES string of the molecule is COc1ccc2c(c1)c[n+](CCO)c1ccc(OC)cc21.[Br-]. The van der Waals surface area contributed by atoms with Crippen LogP contribution in [0.1, 0.15) is 0 Å². The van der Waals surface area contributed by atoms with Gasteiger partial charge < -0.3 is 31.6 Å². The van der Waals surface area contributed by atoms with E-state index in [2.05, 4.69) is 10.6 Å². The van der Waals surface area contributed by atoms with E-state index in [4.69, 9.17) is 9.47 Å². The van der Waals surface area contributed by atoms with Crippen LogP contribution in [0.4, 0.5) is 0 Å². The normalized spacial score (nSPS) is 10.5. The Kier molecular flexibility index (Phi) is 5.21. The molecule has 0 aliphatic heterocycles. The second-order valence-electron chi connectivity index (χ2n) is 4.88. The molecule has 1 N–H and O–H groups in total. The summed E-state index contributed by atoms with van der Waals surface area (Å²) in [7, 11) is 3.32. The van der Waals surface area contributed by atoms with Crippen LogP contribution in [0.2, 0.25) is 0 Å². The average molecular weight is 364 g/mol. The Labute approximate surface area is 139 Å². The summed E-state index contributed by atoms with van der Waals surface area (Å²) in [6, 6.07) is 12.0. The van der Waals surface area contributed by atoms with E-state index in [9.17, 15) is 5.11 Å². The van der Waals surface area contributed by atoms with E-state index in [1.54, 1.807) is 14.2 Å². The maximum absolute atomic E-state index is 9.28. The number of aromatic nitrogens is 1. The van der Waals surface area contributed by atoms with Crippen molar-refractivity contribution in [2.24, 2.45) is 0 Å². The summed E-state index contributed by atoms with van der Waals surface area (Å²) in [5.41, 5.74) is 1.07. The van der Waals surface area contributed by atoms with Gasteiger partial charge in [0.15, 0.2) is 12.7 Å². The third-order valence-electron chi connectivity index (χ3n) is 3.70. The van der Waals surface area contributed by atoms with Crippen LogP contribution in [0, 0.1) is 0 Å². The average Bonchev–Trinajstić information content (AvgIpc) is 2.54. The van der Waals surface area contributed by atoms with Crippen molar-refractivity contribution in [3.63, 3.8) is 0 Å². The standard InChI is InChI=1S/C17H18NO3.BrH/c1-20-13-3-5-15-12(9-13)11-18(7-8-19)17-6-4-14(21-2)10-16(15)17;/h3-6,9-11,19H,7-8H2,1-2H3;1H/q+1;/p-1. The molecule has 0 radical (unpaired) electrons. The summed E-state index contributed by atoms with van der Waals surface area (Å²) < 4.78 is 12.7. The van der Waals surface area contributed by atoms with E-state index in [0.717, 1.165) is 33.2 Å². The van der Waals surface area contributed by atoms with Crippen molar-refractivity contribution in [2.45, 2.75) is 6.54 Å². The number of nitrogens with zero attached hydrogens (tertiary/aromatic N) is 1. The Balaban J connectivity index is 0.00000176. The molecule has 3 rings (SSSR count). The predicted octanol–water partition coefficient (Wildman–Crippen LogP) is -0.706. The molecule has 0 amide bonds. The van der Waals surface area contributed by atoms with Gasteiger partial charge in [-0.25, -0.2) is 0 Å². The highest BCUT2D eigenvalue weighted by molar-refractivity contribution is 6.04. The minimum Gasteiger partial charge on any atom is -1.00 e. The van der Waals surface area contributed by atoms with Crippen LogP contribution in [0.3, 0.4) is 0 Å². The van der Waals surface area contributed by atoms with Crippen LogP contribution >= 0.6 is 0 Å². The van der Waals surface area contributed by atoms with Gasteiger partial charge in [-0.2, -0.15) is 4.57 Å². The molecular formula is C17H18BrNO3. The smallest absolute Gasteiger partial charge is 0.213 e. The van der Waals surface area contributed by atoms with Crippen LogP contribution < -0.4 is 31.0 Å². The third-order valence-corrected chi connectivity index (χ3v) is 3.70. The quantitative estimate of drug-likeness (QED) is 0.492. The van der Waals surface area contributed by atoms with E-state index in [-0.39, 0.29) is 23.6 Å². The Morgan fingerprint density at radius 1 is 0.955 bits per heavy atom. The van der Waals surface area contributed by atoms with Crippen LogP contribution in [0.25, 0.3) is 21.7 Å². The lowest BCUT2D eigenvalue weighted by Crippen LogP contribution is -3.00. The van der Waals surface area contributed by atoms with Gasteiger partial charge in [-0.1, -0.05) is 0 Å². The number of methoxy groups -OCH3 is 2. The molecular weight excluding hydrogens is 346 g/mol. The lowest BCUT2D eigenvalue weighted by molar-refractivity contribution is -0.671. The van der Waals surface area contributed by atoms with Gasteiger partial charge in [0.05, 0.1) is 25.0 Å². The number of pyridine rings is 1. The molecule has 0 aliphatic carbocycles. The monoisotopic (exact) mass is 363 g/mol. The minimum absolute atomic E-state index is 0. The molecule has 0 saturated carbocycles. The van der Waals surface area contributed by atoms with Gasteiger partial charge >= 0.3 is 0 Å². The van der Waals surface area contributed by atoms with Crippen molar-refractivity contribution < 1.29 is 36.1 Å². The number of rotatable bonds is 4. The number of halogens is 1. The van der Waals surface area contributed by atoms with Crippen LogP contribution in [0.15, 0.2) is 42.6 Å². The first-order valence-corrected chi connectivity index (χ1v) is 6.85. The highest BCUT2D eigenvalue weighted by Crippen LogP contribution is 2.28. The highest BCUT2D eigenvalue weighted by atomic mass is 79.9. The number of aliphatic hydroxyl groups is 1. The predicted molar refractivity (Wildman–Crippen MR) is 81.8 cm³/mol. The molecule has 0 unspecified atom stereocenters. The molecule has 22 heavy (non-hydrogen) atoms. The van der Waals surface area contributed by atoms with E-state index in [1.165, 1.54) is 0 Å². The summed E-state index contributed by atoms with van der Waals surface area (Å²) in [6.07, 6.45) is 2.04. The van der Waals surface area contributed by atoms with Gasteiger partial charge in [0.1, 0.15) is 18.1 Å². The number of benzene rings is 2. The van der Waals surface area contributed by atoms with Gasteiger partial charge in [0.25, 0.3) is 0 Å². The summed E-state index contributed by atoms with van der Waals surface area (Å²) in [6.45, 7) is 0.650. The summed E-state index contributed by atoms with van der Waals surface area (Å²) in [5.74, 6) is 1.64. The zero-order valence-electron chi connectivity index (χ0n) is 12.5. The molecule has 0 saturated heterocycles. The Hall–Kier alpha value is -1.85. The van der Waals surface area contributed by atoms with Crippen LogP contribution in [-0.4, -0.2) is 25.9 Å². The Bertz CT molecular complexity index is 805. The van der Waals surface area contributed by atoms with E-state index in [1.807, 2.05) is 36.5 Å². The molecule has 0 fully saturated rings. The molecule has 4 nitrogen and oxygen atoms in total. The maximum atomic E-state index is 9.28. The fraction of sp³-hybridized carbons (Fsp3) is 0.235. The second kappa shape index (κ2) is 6.94. The fourth-order valence-corrected chi connectivity index (χ4v) is 2.66. The molecule has 116 valence electrons. The van der Waals surface area contributed by atoms with Gasteiger partial charge in [-0.15, -0.1) is 0 Å². The van der Waals surface area contributed by atoms with E-state index in [0.29, 0.717) is 6.54 Å². The number of fused-ring (bicyclic) bond motifs is 3. The van der Waals surface area contributed by atoms with Crippen molar-refractivity contribution >= 4 is 21.7 Å². The Morgan fingerprint density at radius 2 is 1.64 bits per heavy atom. The molecule has 5 heteroatoms. The van der Waals surface area contributed by atoms with Crippen molar-refractivity contribution in [2.75, 3.05) is 20.8 Å². The van der Waals surface area contributed by atoms with E-state index < -0.39 is 0 Å². The molecule has 0 spiro atoms. The topological polar surface area (TPSA) is 42.6 Å². The van der Waals surface area contributed by atoms with Crippen molar-refractivity contribution in [1.29, 1.82) is 0 Å². The first-order chi connectivity index (χ1) is 10.3. The van der Waals surface area contributed by atoms with Crippen LogP contribution in [-0.2, 0) is 6.54 Å². The maximum Gasteiger partial charge on any atom is 0.213 e. The molecule has 0 atom stereocenters. The van der Waals surface area contributed by atoms with Gasteiger partial charge in [-0.05, 0) is 30.3 Å². The summed E-state index contributed by atoms with van der Waals surface area (Å²) in [4.78, 5) is 0. The van der Waals surface area contributed by atoms with Crippen molar-refractivity contribution in [3.8, 4) is 11.5 Å². The van der Waals surface area contributed by atoms with Gasteiger partial charge in [0.2, 0.25) is 5.52 Å². The minimum atomic E-state index is 0. The molecule has 3 aromatic rings.